The summed E-state index contributed by atoms with van der Waals surface area (Å²) in [6.45, 7) is 8.20. The lowest BCUT2D eigenvalue weighted by molar-refractivity contribution is -0.0832. The molecule has 0 radical (unpaired) electrons. The molecule has 3 N–H and O–H groups in total. The van der Waals surface area contributed by atoms with Gasteiger partial charge in [0.25, 0.3) is 0 Å². The van der Waals surface area contributed by atoms with Crippen molar-refractivity contribution < 1.29 is 0 Å². The minimum Gasteiger partial charge on any atom is -0.372 e. The van der Waals surface area contributed by atoms with Crippen LogP contribution in [0.5, 0.6) is 0 Å². The summed E-state index contributed by atoms with van der Waals surface area (Å²) in [5.41, 5.74) is 9.00. The smallest absolute Gasteiger partial charge is 0.0194 e. The third kappa shape index (κ3) is 3.17. The van der Waals surface area contributed by atoms with E-state index in [0.29, 0.717) is 12.1 Å². The number of hydrogen-bond donors (Lipinski definition) is 3. The number of hydrogen-bond acceptors (Lipinski definition) is 6. The Balaban J connectivity index is 2.38. The Morgan fingerprint density at radius 3 is 2.31 bits per heavy atom. The zero-order chi connectivity index (χ0) is 9.84. The number of hydrazine groups is 4. The molecule has 0 saturated heterocycles. The first kappa shape index (κ1) is 10.2. The first-order chi connectivity index (χ1) is 6.09. The van der Waals surface area contributed by atoms with Gasteiger partial charge in [-0.05, 0) is 27.7 Å². The Bertz CT molecular complexity index is 178. The topological polar surface area (TPSA) is 54.9 Å². The molecule has 0 aromatic rings. The first-order valence-corrected chi connectivity index (χ1v) is 4.43. The molecule has 1 rings (SSSR count). The second-order valence-electron chi connectivity index (χ2n) is 3.50. The highest BCUT2D eigenvalue weighted by molar-refractivity contribution is 5.54. The van der Waals surface area contributed by atoms with Gasteiger partial charge in [-0.3, -0.25) is 0 Å². The van der Waals surface area contributed by atoms with E-state index in [9.17, 15) is 0 Å². The molecule has 0 spiro atoms. The number of nitrogens with zero attached hydrogens (tertiary/aromatic N) is 3. The van der Waals surface area contributed by atoms with Gasteiger partial charge in [-0.25, -0.2) is 22.7 Å². The second-order valence-corrected chi connectivity index (χ2v) is 3.50. The molecule has 0 saturated carbocycles. The van der Waals surface area contributed by atoms with Crippen LogP contribution in [0.15, 0.2) is 5.10 Å². The molecule has 0 fully saturated rings. The van der Waals surface area contributed by atoms with Crippen LogP contribution in [0.4, 0.5) is 0 Å². The Hall–Kier alpha value is -0.850. The molecule has 0 unspecified atom stereocenters. The van der Waals surface area contributed by atoms with Crippen molar-refractivity contribution in [1.29, 1.82) is 0 Å². The zero-order valence-corrected chi connectivity index (χ0v) is 8.50. The molecule has 1 aliphatic heterocycles. The Labute approximate surface area is 78.8 Å². The maximum absolute atomic E-state index is 3.78. The molecular formula is C7H17N6-. The van der Waals surface area contributed by atoms with Gasteiger partial charge in [-0.15, -0.1) is 0 Å². The summed E-state index contributed by atoms with van der Waals surface area (Å²) < 4.78 is 0. The molecule has 0 atom stereocenters. The quantitative estimate of drug-likeness (QED) is 0.524. The van der Waals surface area contributed by atoms with E-state index in [1.807, 2.05) is 27.7 Å². The Morgan fingerprint density at radius 1 is 1.15 bits per heavy atom. The normalized spacial score (nSPS) is 17.5. The van der Waals surface area contributed by atoms with E-state index < -0.39 is 0 Å². The van der Waals surface area contributed by atoms with Gasteiger partial charge < -0.3 is 10.2 Å². The van der Waals surface area contributed by atoms with Crippen LogP contribution < -0.4 is 16.4 Å². The molecule has 6 nitrogen and oxygen atoms in total. The van der Waals surface area contributed by atoms with Crippen LogP contribution in [-0.4, -0.2) is 28.8 Å². The summed E-state index contributed by atoms with van der Waals surface area (Å²) in [5.74, 6) is 0. The van der Waals surface area contributed by atoms with Gasteiger partial charge in [0.2, 0.25) is 0 Å². The Morgan fingerprint density at radius 2 is 1.77 bits per heavy atom. The van der Waals surface area contributed by atoms with Crippen LogP contribution in [0.2, 0.25) is 0 Å². The predicted molar refractivity (Wildman–Crippen MR) is 50.8 cm³/mol. The van der Waals surface area contributed by atoms with E-state index in [0.717, 1.165) is 0 Å². The molecule has 1 heterocycles. The molecule has 6 heteroatoms. The maximum atomic E-state index is 3.78. The van der Waals surface area contributed by atoms with E-state index in [1.165, 1.54) is 0 Å². The standard InChI is InChI=1S/C7H17N6/c1-6(2)9-12-5-8-11-13(12)10-7(3)4/h6-7,9-11H,1-4H3/q-1. The third-order valence-electron chi connectivity index (χ3n) is 1.25. The van der Waals surface area contributed by atoms with Crippen LogP contribution >= 0.6 is 0 Å². The lowest BCUT2D eigenvalue weighted by Gasteiger charge is -2.37. The van der Waals surface area contributed by atoms with Crippen LogP contribution in [-0.2, 0) is 0 Å². The second kappa shape index (κ2) is 4.40. The Kier molecular flexibility index (Phi) is 3.47. The van der Waals surface area contributed by atoms with E-state index in [4.69, 9.17) is 0 Å². The van der Waals surface area contributed by atoms with E-state index in [1.54, 1.807) is 10.3 Å². The fraction of sp³-hybridized carbons (Fsp3) is 0.857. The lowest BCUT2D eigenvalue weighted by atomic mass is 10.4. The van der Waals surface area contributed by atoms with Gasteiger partial charge in [0.1, 0.15) is 0 Å². The van der Waals surface area contributed by atoms with Crippen LogP contribution in [0.1, 0.15) is 27.7 Å². The van der Waals surface area contributed by atoms with Gasteiger partial charge in [0.05, 0.1) is 0 Å². The van der Waals surface area contributed by atoms with Crippen molar-refractivity contribution in [2.75, 3.05) is 0 Å². The molecule has 1 aliphatic rings. The highest BCUT2D eigenvalue weighted by Gasteiger charge is 2.09. The molecular weight excluding hydrogens is 168 g/mol. The maximum Gasteiger partial charge on any atom is 0.0194 e. The first-order valence-electron chi connectivity index (χ1n) is 4.43. The van der Waals surface area contributed by atoms with Crippen LogP contribution in [0.25, 0.3) is 0 Å². The monoisotopic (exact) mass is 185 g/mol. The van der Waals surface area contributed by atoms with Crippen molar-refractivity contribution in [3.63, 3.8) is 0 Å². The summed E-state index contributed by atoms with van der Waals surface area (Å²) in [5, 5.41) is 7.07. The van der Waals surface area contributed by atoms with Crippen LogP contribution in [0.3, 0.4) is 0 Å². The highest BCUT2D eigenvalue weighted by atomic mass is 16.1. The summed E-state index contributed by atoms with van der Waals surface area (Å²) >= 11 is 0. The van der Waals surface area contributed by atoms with Crippen molar-refractivity contribution in [3.05, 3.63) is 0 Å². The van der Waals surface area contributed by atoms with Crippen molar-refractivity contribution in [3.8, 4) is 0 Å². The number of hydrazone groups is 1. The van der Waals surface area contributed by atoms with Crippen LogP contribution in [0, 0.1) is 0 Å². The predicted octanol–water partition coefficient (Wildman–Crippen LogP) is -0.330. The fourth-order valence-electron chi connectivity index (χ4n) is 0.869. The highest BCUT2D eigenvalue weighted by Crippen LogP contribution is 1.93. The average molecular weight is 185 g/mol. The third-order valence-corrected chi connectivity index (χ3v) is 1.25. The summed E-state index contributed by atoms with van der Waals surface area (Å²) in [7, 11) is 0. The average Bonchev–Trinajstić information content (AvgIpc) is 2.34. The molecule has 0 aliphatic carbocycles. The number of nitrogens with one attached hydrogen (secondary N) is 3. The fourth-order valence-corrected chi connectivity index (χ4v) is 0.869. The van der Waals surface area contributed by atoms with Crippen molar-refractivity contribution >= 4 is 6.34 Å². The van der Waals surface area contributed by atoms with E-state index >= 15 is 0 Å². The molecule has 0 aromatic heterocycles. The lowest BCUT2D eigenvalue weighted by Crippen LogP contribution is -2.59. The molecule has 0 bridgehead atoms. The molecule has 0 amide bonds. The van der Waals surface area contributed by atoms with Crippen molar-refractivity contribution in [1.82, 2.24) is 26.7 Å². The van der Waals surface area contributed by atoms with Crippen molar-refractivity contribution in [2.45, 2.75) is 39.8 Å². The zero-order valence-electron chi connectivity index (χ0n) is 8.50. The molecule has 76 valence electrons. The van der Waals surface area contributed by atoms with E-state index in [-0.39, 0.29) is 0 Å². The molecule has 0 aromatic carbocycles. The minimum atomic E-state index is 0.332. The summed E-state index contributed by atoms with van der Waals surface area (Å²) in [6, 6.07) is 0.665. The van der Waals surface area contributed by atoms with E-state index in [2.05, 4.69) is 27.8 Å². The summed E-state index contributed by atoms with van der Waals surface area (Å²) in [6.07, 6.45) is 2.74. The van der Waals surface area contributed by atoms with Gasteiger partial charge in [-0.2, -0.15) is 0 Å². The van der Waals surface area contributed by atoms with Gasteiger partial charge in [0.15, 0.2) is 0 Å². The SMILES string of the molecule is CC(C)NN1[C-]=NNN1NC(C)C. The number of rotatable bonds is 4. The minimum absolute atomic E-state index is 0.332. The molecule has 13 heavy (non-hydrogen) atoms. The summed E-state index contributed by atoms with van der Waals surface area (Å²) in [4.78, 5) is 0. The largest absolute Gasteiger partial charge is 0.372 e. The van der Waals surface area contributed by atoms with Gasteiger partial charge >= 0.3 is 0 Å². The van der Waals surface area contributed by atoms with Crippen molar-refractivity contribution in [2.24, 2.45) is 5.10 Å². The van der Waals surface area contributed by atoms with Gasteiger partial charge in [0, 0.05) is 12.1 Å². The van der Waals surface area contributed by atoms with Gasteiger partial charge in [-0.1, -0.05) is 5.23 Å².